The van der Waals surface area contributed by atoms with E-state index in [2.05, 4.69) is 10.3 Å². The molecule has 0 unspecified atom stereocenters. The number of carbonyl (C=O) groups is 1. The normalized spacial score (nSPS) is 21.7. The summed E-state index contributed by atoms with van der Waals surface area (Å²) in [5, 5.41) is 3.91. The lowest BCUT2D eigenvalue weighted by molar-refractivity contribution is -0.0349. The number of benzene rings is 1. The van der Waals surface area contributed by atoms with Crippen LogP contribution in [-0.4, -0.2) is 50.5 Å². The molecule has 6 nitrogen and oxygen atoms in total. The zero-order valence-corrected chi connectivity index (χ0v) is 12.7. The van der Waals surface area contributed by atoms with Gasteiger partial charge in [-0.1, -0.05) is 0 Å². The van der Waals surface area contributed by atoms with Gasteiger partial charge in [-0.05, 0) is 30.7 Å². The Balaban J connectivity index is 1.76. The van der Waals surface area contributed by atoms with Crippen molar-refractivity contribution >= 4 is 16.8 Å². The number of methoxy groups -OCH3 is 2. The third kappa shape index (κ3) is 2.93. The number of aromatic nitrogens is 1. The largest absolute Gasteiger partial charge is 0.497 e. The number of rotatable bonds is 4. The molecule has 0 aliphatic carbocycles. The maximum atomic E-state index is 12.4. The van der Waals surface area contributed by atoms with E-state index in [0.717, 1.165) is 23.1 Å². The van der Waals surface area contributed by atoms with Crippen LogP contribution in [0.2, 0.25) is 0 Å². The molecule has 1 aromatic heterocycles. The summed E-state index contributed by atoms with van der Waals surface area (Å²) in [6.07, 6.45) is 0.771. The van der Waals surface area contributed by atoms with Gasteiger partial charge in [-0.3, -0.25) is 4.79 Å². The van der Waals surface area contributed by atoms with Crippen molar-refractivity contribution in [2.45, 2.75) is 18.6 Å². The van der Waals surface area contributed by atoms with Crippen molar-refractivity contribution in [1.29, 1.82) is 0 Å². The van der Waals surface area contributed by atoms with E-state index in [1.165, 1.54) is 0 Å². The molecule has 0 spiro atoms. The van der Waals surface area contributed by atoms with Gasteiger partial charge in [-0.2, -0.15) is 0 Å². The number of carbonyl (C=O) groups excluding carboxylic acids is 1. The van der Waals surface area contributed by atoms with Crippen molar-refractivity contribution in [2.75, 3.05) is 27.4 Å². The van der Waals surface area contributed by atoms with E-state index in [9.17, 15) is 4.79 Å². The fourth-order valence-corrected chi connectivity index (χ4v) is 2.74. The summed E-state index contributed by atoms with van der Waals surface area (Å²) in [7, 11) is 3.28. The van der Waals surface area contributed by atoms with Crippen LogP contribution in [0, 0.1) is 0 Å². The Bertz CT molecular complexity index is 667. The minimum Gasteiger partial charge on any atom is -0.497 e. The van der Waals surface area contributed by atoms with Crippen LogP contribution >= 0.6 is 0 Å². The van der Waals surface area contributed by atoms with Crippen molar-refractivity contribution < 1.29 is 19.0 Å². The minimum atomic E-state index is -0.160. The van der Waals surface area contributed by atoms with E-state index < -0.39 is 0 Å². The molecule has 0 saturated carbocycles. The highest BCUT2D eigenvalue weighted by atomic mass is 16.5. The van der Waals surface area contributed by atoms with Gasteiger partial charge in [0.25, 0.3) is 5.91 Å². The average Bonchev–Trinajstić information content (AvgIpc) is 2.98. The van der Waals surface area contributed by atoms with Crippen LogP contribution < -0.4 is 10.1 Å². The Kier molecular flexibility index (Phi) is 4.31. The number of fused-ring (bicyclic) bond motifs is 1. The summed E-state index contributed by atoms with van der Waals surface area (Å²) in [4.78, 5) is 15.5. The number of hydrogen-bond acceptors (Lipinski definition) is 4. The van der Waals surface area contributed by atoms with Crippen molar-refractivity contribution in [3.63, 3.8) is 0 Å². The molecule has 1 aliphatic heterocycles. The molecule has 0 bridgehead atoms. The van der Waals surface area contributed by atoms with Gasteiger partial charge >= 0.3 is 0 Å². The molecule has 1 fully saturated rings. The number of ether oxygens (including phenoxy) is 3. The van der Waals surface area contributed by atoms with Gasteiger partial charge in [-0.25, -0.2) is 0 Å². The van der Waals surface area contributed by atoms with Crippen LogP contribution in [0.5, 0.6) is 5.75 Å². The standard InChI is InChI=1S/C16H20N2O4/c1-20-11-3-4-12-10(7-11)8-13(17-12)16(19)18-14-9-22-6-5-15(14)21-2/h3-4,7-8,14-15,17H,5-6,9H2,1-2H3,(H,18,19)/t14-,15-/m1/s1. The van der Waals surface area contributed by atoms with Gasteiger partial charge < -0.3 is 24.5 Å². The van der Waals surface area contributed by atoms with Crippen LogP contribution in [0.3, 0.4) is 0 Å². The van der Waals surface area contributed by atoms with Crippen LogP contribution in [0.25, 0.3) is 10.9 Å². The van der Waals surface area contributed by atoms with Gasteiger partial charge in [0, 0.05) is 24.6 Å². The van der Waals surface area contributed by atoms with E-state index in [4.69, 9.17) is 14.2 Å². The van der Waals surface area contributed by atoms with E-state index in [-0.39, 0.29) is 18.1 Å². The number of nitrogens with one attached hydrogen (secondary N) is 2. The first kappa shape index (κ1) is 14.9. The first-order valence-corrected chi connectivity index (χ1v) is 7.29. The molecule has 0 radical (unpaired) electrons. The number of H-pyrrole nitrogens is 1. The molecule has 6 heteroatoms. The Morgan fingerprint density at radius 1 is 1.36 bits per heavy atom. The molecule has 22 heavy (non-hydrogen) atoms. The highest BCUT2D eigenvalue weighted by Gasteiger charge is 2.27. The van der Waals surface area contributed by atoms with Crippen LogP contribution in [0.1, 0.15) is 16.9 Å². The Labute approximate surface area is 128 Å². The van der Waals surface area contributed by atoms with Gasteiger partial charge in [0.2, 0.25) is 0 Å². The zero-order chi connectivity index (χ0) is 15.5. The first-order chi connectivity index (χ1) is 10.7. The Hall–Kier alpha value is -2.05. The second kappa shape index (κ2) is 6.37. The number of amides is 1. The van der Waals surface area contributed by atoms with E-state index in [0.29, 0.717) is 18.9 Å². The maximum Gasteiger partial charge on any atom is 0.268 e. The monoisotopic (exact) mass is 304 g/mol. The number of aromatic amines is 1. The molecule has 1 saturated heterocycles. The smallest absolute Gasteiger partial charge is 0.268 e. The lowest BCUT2D eigenvalue weighted by Crippen LogP contribution is -2.50. The fourth-order valence-electron chi connectivity index (χ4n) is 2.74. The first-order valence-electron chi connectivity index (χ1n) is 7.29. The van der Waals surface area contributed by atoms with Crippen LogP contribution in [0.4, 0.5) is 0 Å². The molecule has 2 atom stereocenters. The summed E-state index contributed by atoms with van der Waals surface area (Å²) in [5.41, 5.74) is 1.41. The third-order valence-electron chi connectivity index (χ3n) is 3.98. The van der Waals surface area contributed by atoms with Crippen LogP contribution in [0.15, 0.2) is 24.3 Å². The minimum absolute atomic E-state index is 0.0119. The quantitative estimate of drug-likeness (QED) is 0.902. The lowest BCUT2D eigenvalue weighted by Gasteiger charge is -2.30. The second-order valence-corrected chi connectivity index (χ2v) is 5.35. The second-order valence-electron chi connectivity index (χ2n) is 5.35. The summed E-state index contributed by atoms with van der Waals surface area (Å²) in [6.45, 7) is 1.13. The predicted octanol–water partition coefficient (Wildman–Crippen LogP) is 1.71. The van der Waals surface area contributed by atoms with E-state index >= 15 is 0 Å². The Morgan fingerprint density at radius 3 is 3.00 bits per heavy atom. The van der Waals surface area contributed by atoms with E-state index in [1.54, 1.807) is 14.2 Å². The average molecular weight is 304 g/mol. The van der Waals surface area contributed by atoms with Crippen LogP contribution in [-0.2, 0) is 9.47 Å². The third-order valence-corrected chi connectivity index (χ3v) is 3.98. The predicted molar refractivity (Wildman–Crippen MR) is 82.3 cm³/mol. The van der Waals surface area contributed by atoms with Gasteiger partial charge in [0.1, 0.15) is 11.4 Å². The molecule has 3 rings (SSSR count). The molecule has 1 aromatic carbocycles. The van der Waals surface area contributed by atoms with Gasteiger partial charge in [0.15, 0.2) is 0 Å². The molecule has 1 aliphatic rings. The molecular formula is C16H20N2O4. The van der Waals surface area contributed by atoms with Crippen molar-refractivity contribution in [2.24, 2.45) is 0 Å². The summed E-state index contributed by atoms with van der Waals surface area (Å²) in [5.74, 6) is 0.603. The zero-order valence-electron chi connectivity index (χ0n) is 12.7. The highest BCUT2D eigenvalue weighted by Crippen LogP contribution is 2.21. The van der Waals surface area contributed by atoms with E-state index in [1.807, 2.05) is 24.3 Å². The summed E-state index contributed by atoms with van der Waals surface area (Å²) >= 11 is 0. The molecule has 118 valence electrons. The summed E-state index contributed by atoms with van der Waals surface area (Å²) < 4.78 is 16.0. The molecule has 2 heterocycles. The fraction of sp³-hybridized carbons (Fsp3) is 0.438. The maximum absolute atomic E-state index is 12.4. The van der Waals surface area contributed by atoms with Crippen molar-refractivity contribution in [1.82, 2.24) is 10.3 Å². The molecular weight excluding hydrogens is 284 g/mol. The van der Waals surface area contributed by atoms with Gasteiger partial charge in [0.05, 0.1) is 25.9 Å². The topological polar surface area (TPSA) is 72.6 Å². The lowest BCUT2D eigenvalue weighted by atomic mass is 10.1. The van der Waals surface area contributed by atoms with Gasteiger partial charge in [-0.15, -0.1) is 0 Å². The van der Waals surface area contributed by atoms with Crippen molar-refractivity contribution in [3.8, 4) is 5.75 Å². The molecule has 2 N–H and O–H groups in total. The molecule has 1 amide bonds. The van der Waals surface area contributed by atoms with Crippen molar-refractivity contribution in [3.05, 3.63) is 30.0 Å². The molecule has 2 aromatic rings. The summed E-state index contributed by atoms with van der Waals surface area (Å²) in [6, 6.07) is 7.33. The Morgan fingerprint density at radius 2 is 2.23 bits per heavy atom. The number of hydrogen-bond donors (Lipinski definition) is 2. The SMILES string of the molecule is COc1ccc2[nH]c(C(=O)N[C@@H]3COCC[C@H]3OC)cc2c1. The highest BCUT2D eigenvalue weighted by molar-refractivity contribution is 5.98.